The molecule has 0 atom stereocenters. The zero-order valence-electron chi connectivity index (χ0n) is 11.1. The van der Waals surface area contributed by atoms with Crippen LogP contribution in [-0.4, -0.2) is 25.8 Å². The van der Waals surface area contributed by atoms with Gasteiger partial charge in [-0.25, -0.2) is 0 Å². The van der Waals surface area contributed by atoms with Gasteiger partial charge in [0.05, 0.1) is 25.1 Å². The molecule has 1 aliphatic carbocycles. The van der Waals surface area contributed by atoms with Crippen LogP contribution in [0.4, 0.5) is 0 Å². The Labute approximate surface area is 121 Å². The minimum atomic E-state index is -0.454. The van der Waals surface area contributed by atoms with Crippen molar-refractivity contribution in [2.24, 2.45) is 0 Å². The van der Waals surface area contributed by atoms with E-state index < -0.39 is 5.60 Å². The van der Waals surface area contributed by atoms with Crippen LogP contribution in [-0.2, 0) is 9.53 Å². The summed E-state index contributed by atoms with van der Waals surface area (Å²) >= 11 is 3.46. The SMILES string of the molecule is COC(=O)CC1(Oc2c(Br)cccc2OC)CCC1. The van der Waals surface area contributed by atoms with Gasteiger partial charge < -0.3 is 14.2 Å². The molecule has 0 heterocycles. The predicted molar refractivity (Wildman–Crippen MR) is 74.5 cm³/mol. The van der Waals surface area contributed by atoms with Crippen LogP contribution in [0.15, 0.2) is 22.7 Å². The van der Waals surface area contributed by atoms with Gasteiger partial charge in [-0.3, -0.25) is 4.79 Å². The molecule has 2 rings (SSSR count). The second kappa shape index (κ2) is 5.82. The molecule has 1 saturated carbocycles. The molecule has 0 radical (unpaired) electrons. The molecule has 0 aromatic heterocycles. The van der Waals surface area contributed by atoms with Gasteiger partial charge in [0.2, 0.25) is 0 Å². The van der Waals surface area contributed by atoms with Crippen molar-refractivity contribution in [3.8, 4) is 11.5 Å². The normalized spacial score (nSPS) is 16.4. The van der Waals surface area contributed by atoms with E-state index in [1.165, 1.54) is 7.11 Å². The maximum atomic E-state index is 11.5. The van der Waals surface area contributed by atoms with Gasteiger partial charge in [0.15, 0.2) is 11.5 Å². The van der Waals surface area contributed by atoms with Crippen molar-refractivity contribution >= 4 is 21.9 Å². The Morgan fingerprint density at radius 2 is 2.11 bits per heavy atom. The average Bonchev–Trinajstić information content (AvgIpc) is 2.37. The van der Waals surface area contributed by atoms with Crippen molar-refractivity contribution in [3.05, 3.63) is 22.7 Å². The average molecular weight is 329 g/mol. The van der Waals surface area contributed by atoms with E-state index >= 15 is 0 Å². The van der Waals surface area contributed by atoms with E-state index in [1.807, 2.05) is 18.2 Å². The molecule has 0 unspecified atom stereocenters. The van der Waals surface area contributed by atoms with Crippen LogP contribution in [0.3, 0.4) is 0 Å². The Balaban J connectivity index is 2.21. The second-order valence-corrected chi connectivity index (χ2v) is 5.52. The van der Waals surface area contributed by atoms with Gasteiger partial charge in [-0.1, -0.05) is 6.07 Å². The van der Waals surface area contributed by atoms with E-state index in [0.29, 0.717) is 11.5 Å². The molecule has 4 nitrogen and oxygen atoms in total. The summed E-state index contributed by atoms with van der Waals surface area (Å²) in [7, 11) is 3.00. The third kappa shape index (κ3) is 3.03. The summed E-state index contributed by atoms with van der Waals surface area (Å²) in [5.74, 6) is 1.06. The minimum Gasteiger partial charge on any atom is -0.493 e. The van der Waals surface area contributed by atoms with Gasteiger partial charge >= 0.3 is 5.97 Å². The summed E-state index contributed by atoms with van der Waals surface area (Å²) in [6.45, 7) is 0. The van der Waals surface area contributed by atoms with Crippen molar-refractivity contribution in [2.75, 3.05) is 14.2 Å². The Bertz CT molecular complexity index is 469. The first-order chi connectivity index (χ1) is 9.10. The molecule has 0 amide bonds. The number of carbonyl (C=O) groups excluding carboxylic acids is 1. The standard InChI is InChI=1S/C14H17BrO4/c1-17-11-6-3-5-10(15)13(11)19-14(7-4-8-14)9-12(16)18-2/h3,5-6H,4,7-9H2,1-2H3. The number of carbonyl (C=O) groups is 1. The van der Waals surface area contributed by atoms with Crippen LogP contribution < -0.4 is 9.47 Å². The van der Waals surface area contributed by atoms with Gasteiger partial charge in [-0.15, -0.1) is 0 Å². The highest BCUT2D eigenvalue weighted by Gasteiger charge is 2.42. The lowest BCUT2D eigenvalue weighted by atomic mass is 9.77. The minimum absolute atomic E-state index is 0.245. The van der Waals surface area contributed by atoms with Crippen LogP contribution >= 0.6 is 15.9 Å². The molecule has 19 heavy (non-hydrogen) atoms. The van der Waals surface area contributed by atoms with Crippen molar-refractivity contribution < 1.29 is 19.0 Å². The second-order valence-electron chi connectivity index (χ2n) is 4.66. The van der Waals surface area contributed by atoms with E-state index in [-0.39, 0.29) is 12.4 Å². The summed E-state index contributed by atoms with van der Waals surface area (Å²) in [5, 5.41) is 0. The topological polar surface area (TPSA) is 44.8 Å². The molecule has 5 heteroatoms. The van der Waals surface area contributed by atoms with Crippen LogP contribution in [0, 0.1) is 0 Å². The molecule has 1 fully saturated rings. The molecule has 1 aliphatic rings. The van der Waals surface area contributed by atoms with Crippen LogP contribution in [0.25, 0.3) is 0 Å². The van der Waals surface area contributed by atoms with Crippen LogP contribution in [0.5, 0.6) is 11.5 Å². The lowest BCUT2D eigenvalue weighted by Crippen LogP contribution is -2.45. The van der Waals surface area contributed by atoms with Crippen molar-refractivity contribution in [3.63, 3.8) is 0 Å². The van der Waals surface area contributed by atoms with Crippen molar-refractivity contribution in [2.45, 2.75) is 31.3 Å². The molecule has 0 saturated heterocycles. The highest BCUT2D eigenvalue weighted by Crippen LogP contribution is 2.44. The number of ether oxygens (including phenoxy) is 3. The van der Waals surface area contributed by atoms with E-state index in [9.17, 15) is 4.79 Å². The van der Waals surface area contributed by atoms with Crippen molar-refractivity contribution in [1.82, 2.24) is 0 Å². The van der Waals surface area contributed by atoms with Gasteiger partial charge in [0.1, 0.15) is 5.60 Å². The van der Waals surface area contributed by atoms with Gasteiger partial charge in [-0.2, -0.15) is 0 Å². The van der Waals surface area contributed by atoms with Gasteiger partial charge in [-0.05, 0) is 47.3 Å². The molecule has 0 aliphatic heterocycles. The Morgan fingerprint density at radius 3 is 2.63 bits per heavy atom. The number of para-hydroxylation sites is 1. The number of hydrogen-bond donors (Lipinski definition) is 0. The van der Waals surface area contributed by atoms with Crippen molar-refractivity contribution in [1.29, 1.82) is 0 Å². The van der Waals surface area contributed by atoms with Crippen LogP contribution in [0.1, 0.15) is 25.7 Å². The fourth-order valence-corrected chi connectivity index (χ4v) is 2.62. The van der Waals surface area contributed by atoms with Gasteiger partial charge in [0.25, 0.3) is 0 Å². The number of esters is 1. The predicted octanol–water partition coefficient (Wildman–Crippen LogP) is 3.32. The summed E-state index contributed by atoms with van der Waals surface area (Å²) in [6, 6.07) is 5.61. The first-order valence-corrected chi connectivity index (χ1v) is 6.98. The summed E-state index contributed by atoms with van der Waals surface area (Å²) in [6.07, 6.45) is 3.04. The molecular formula is C14H17BrO4. The fourth-order valence-electron chi connectivity index (χ4n) is 2.19. The molecule has 0 bridgehead atoms. The Kier molecular flexibility index (Phi) is 4.34. The summed E-state index contributed by atoms with van der Waals surface area (Å²) in [4.78, 5) is 11.5. The number of benzene rings is 1. The molecule has 104 valence electrons. The highest BCUT2D eigenvalue weighted by molar-refractivity contribution is 9.10. The zero-order chi connectivity index (χ0) is 13.9. The number of rotatable bonds is 5. The number of hydrogen-bond acceptors (Lipinski definition) is 4. The van der Waals surface area contributed by atoms with E-state index in [4.69, 9.17) is 14.2 Å². The third-order valence-corrected chi connectivity index (χ3v) is 4.05. The van der Waals surface area contributed by atoms with E-state index in [0.717, 1.165) is 23.7 Å². The summed E-state index contributed by atoms with van der Waals surface area (Å²) < 4.78 is 17.0. The number of halogens is 1. The largest absolute Gasteiger partial charge is 0.493 e. The monoisotopic (exact) mass is 328 g/mol. The summed E-state index contributed by atoms with van der Waals surface area (Å²) in [5.41, 5.74) is -0.454. The van der Waals surface area contributed by atoms with Crippen LogP contribution in [0.2, 0.25) is 0 Å². The maximum Gasteiger partial charge on any atom is 0.309 e. The smallest absolute Gasteiger partial charge is 0.309 e. The fraction of sp³-hybridized carbons (Fsp3) is 0.500. The van der Waals surface area contributed by atoms with E-state index in [1.54, 1.807) is 7.11 Å². The first kappa shape index (κ1) is 14.2. The third-order valence-electron chi connectivity index (χ3n) is 3.43. The quantitative estimate of drug-likeness (QED) is 0.778. The Morgan fingerprint density at radius 1 is 1.37 bits per heavy atom. The first-order valence-electron chi connectivity index (χ1n) is 6.18. The Hall–Kier alpha value is -1.23. The zero-order valence-corrected chi connectivity index (χ0v) is 12.7. The molecular weight excluding hydrogens is 312 g/mol. The van der Waals surface area contributed by atoms with Gasteiger partial charge in [0, 0.05) is 0 Å². The number of methoxy groups -OCH3 is 2. The lowest BCUT2D eigenvalue weighted by molar-refractivity contribution is -0.148. The molecule has 1 aromatic carbocycles. The highest BCUT2D eigenvalue weighted by atomic mass is 79.9. The lowest BCUT2D eigenvalue weighted by Gasteiger charge is -2.41. The maximum absolute atomic E-state index is 11.5. The molecule has 1 aromatic rings. The molecule has 0 N–H and O–H groups in total. The van der Waals surface area contributed by atoms with E-state index in [2.05, 4.69) is 15.9 Å². The molecule has 0 spiro atoms.